The molecule has 3 nitrogen and oxygen atoms in total. The van der Waals surface area contributed by atoms with Gasteiger partial charge in [0.2, 0.25) is 0 Å². The molecule has 0 atom stereocenters. The van der Waals surface area contributed by atoms with E-state index in [1.54, 1.807) is 0 Å². The van der Waals surface area contributed by atoms with Gasteiger partial charge in [-0.1, -0.05) is 18.2 Å². The molecular formula is C14H21N3. The molecule has 0 saturated carbocycles. The Bertz CT molecular complexity index is 392. The van der Waals surface area contributed by atoms with E-state index < -0.39 is 0 Å². The van der Waals surface area contributed by atoms with Crippen LogP contribution in [0, 0.1) is 0 Å². The maximum absolute atomic E-state index is 3.39. The second-order valence-electron chi connectivity index (χ2n) is 4.37. The van der Waals surface area contributed by atoms with E-state index in [2.05, 4.69) is 52.8 Å². The van der Waals surface area contributed by atoms with Crippen LogP contribution in [0.2, 0.25) is 0 Å². The van der Waals surface area contributed by atoms with Gasteiger partial charge in [-0.3, -0.25) is 0 Å². The summed E-state index contributed by atoms with van der Waals surface area (Å²) < 4.78 is 0. The first kappa shape index (κ1) is 12.0. The highest BCUT2D eigenvalue weighted by atomic mass is 15.2. The lowest BCUT2D eigenvalue weighted by atomic mass is 10.1. The maximum atomic E-state index is 3.39. The van der Waals surface area contributed by atoms with Gasteiger partial charge in [0.05, 0.1) is 0 Å². The first-order valence-electron chi connectivity index (χ1n) is 6.22. The molecule has 0 unspecified atom stereocenters. The molecule has 1 heterocycles. The summed E-state index contributed by atoms with van der Waals surface area (Å²) in [6, 6.07) is 8.60. The van der Waals surface area contributed by atoms with E-state index in [-0.39, 0.29) is 0 Å². The third-order valence-corrected chi connectivity index (χ3v) is 3.16. The third kappa shape index (κ3) is 3.01. The predicted octanol–water partition coefficient (Wildman–Crippen LogP) is 1.68. The summed E-state index contributed by atoms with van der Waals surface area (Å²) in [6.07, 6.45) is 2.21. The Kier molecular flexibility index (Phi) is 4.04. The monoisotopic (exact) mass is 231 g/mol. The van der Waals surface area contributed by atoms with Crippen LogP contribution in [-0.2, 0) is 0 Å². The Hall–Kier alpha value is -1.48. The summed E-state index contributed by atoms with van der Waals surface area (Å²) >= 11 is 0. The van der Waals surface area contributed by atoms with Gasteiger partial charge in [0.15, 0.2) is 0 Å². The lowest BCUT2D eigenvalue weighted by Gasteiger charge is -2.30. The highest BCUT2D eigenvalue weighted by Crippen LogP contribution is 2.22. The number of nitrogens with one attached hydrogen (secondary N) is 2. The molecule has 0 aliphatic carbocycles. The summed E-state index contributed by atoms with van der Waals surface area (Å²) in [7, 11) is 1.96. The quantitative estimate of drug-likeness (QED) is 0.829. The zero-order chi connectivity index (χ0) is 12.1. The molecule has 0 bridgehead atoms. The summed E-state index contributed by atoms with van der Waals surface area (Å²) in [5.41, 5.74) is 3.82. The average molecular weight is 231 g/mol. The molecule has 3 heteroatoms. The summed E-state index contributed by atoms with van der Waals surface area (Å²) in [5, 5.41) is 6.56. The Labute approximate surface area is 104 Å². The molecule has 1 aromatic rings. The second kappa shape index (κ2) is 5.73. The SMILES string of the molecule is CN/C(C)=C/c1ccccc1N1CCNCC1. The average Bonchev–Trinajstić information content (AvgIpc) is 2.40. The summed E-state index contributed by atoms with van der Waals surface area (Å²) in [6.45, 7) is 6.41. The highest BCUT2D eigenvalue weighted by molar-refractivity contribution is 5.69. The van der Waals surface area contributed by atoms with E-state index in [0.717, 1.165) is 26.2 Å². The normalized spacial score (nSPS) is 17.1. The van der Waals surface area contributed by atoms with Crippen molar-refractivity contribution in [1.29, 1.82) is 0 Å². The molecule has 2 rings (SSSR count). The van der Waals surface area contributed by atoms with Crippen molar-refractivity contribution in [3.63, 3.8) is 0 Å². The zero-order valence-electron chi connectivity index (χ0n) is 10.7. The van der Waals surface area contributed by atoms with E-state index in [0.29, 0.717) is 0 Å². The number of benzene rings is 1. The minimum Gasteiger partial charge on any atom is -0.392 e. The van der Waals surface area contributed by atoms with E-state index in [1.165, 1.54) is 16.9 Å². The van der Waals surface area contributed by atoms with Crippen molar-refractivity contribution >= 4 is 11.8 Å². The van der Waals surface area contributed by atoms with E-state index in [4.69, 9.17) is 0 Å². The number of anilines is 1. The van der Waals surface area contributed by atoms with Crippen molar-refractivity contribution in [1.82, 2.24) is 10.6 Å². The largest absolute Gasteiger partial charge is 0.392 e. The van der Waals surface area contributed by atoms with Crippen LogP contribution >= 0.6 is 0 Å². The van der Waals surface area contributed by atoms with Gasteiger partial charge >= 0.3 is 0 Å². The third-order valence-electron chi connectivity index (χ3n) is 3.16. The molecule has 1 aliphatic rings. The predicted molar refractivity (Wildman–Crippen MR) is 74.2 cm³/mol. The minimum atomic E-state index is 1.07. The fraction of sp³-hybridized carbons (Fsp3) is 0.429. The van der Waals surface area contributed by atoms with Gasteiger partial charge in [0, 0.05) is 44.6 Å². The van der Waals surface area contributed by atoms with Crippen LogP contribution in [0.25, 0.3) is 6.08 Å². The van der Waals surface area contributed by atoms with Crippen LogP contribution < -0.4 is 15.5 Å². The fourth-order valence-electron chi connectivity index (χ4n) is 2.11. The zero-order valence-corrected chi connectivity index (χ0v) is 10.7. The van der Waals surface area contributed by atoms with Crippen molar-refractivity contribution in [2.75, 3.05) is 38.1 Å². The van der Waals surface area contributed by atoms with Crippen LogP contribution in [0.1, 0.15) is 12.5 Å². The van der Waals surface area contributed by atoms with Gasteiger partial charge in [-0.15, -0.1) is 0 Å². The Morgan fingerprint density at radius 1 is 1.29 bits per heavy atom. The number of hydrogen-bond donors (Lipinski definition) is 2. The van der Waals surface area contributed by atoms with Gasteiger partial charge in [-0.2, -0.15) is 0 Å². The van der Waals surface area contributed by atoms with E-state index in [1.807, 2.05) is 7.05 Å². The molecule has 92 valence electrons. The summed E-state index contributed by atoms with van der Waals surface area (Å²) in [5.74, 6) is 0. The van der Waals surface area contributed by atoms with Gasteiger partial charge in [-0.25, -0.2) is 0 Å². The fourth-order valence-corrected chi connectivity index (χ4v) is 2.11. The molecule has 1 saturated heterocycles. The van der Waals surface area contributed by atoms with Crippen molar-refractivity contribution in [2.45, 2.75) is 6.92 Å². The molecule has 1 aromatic carbocycles. The molecule has 17 heavy (non-hydrogen) atoms. The van der Waals surface area contributed by atoms with Gasteiger partial charge < -0.3 is 15.5 Å². The minimum absolute atomic E-state index is 1.07. The smallest absolute Gasteiger partial charge is 0.0441 e. The van der Waals surface area contributed by atoms with Crippen molar-refractivity contribution in [3.05, 3.63) is 35.5 Å². The van der Waals surface area contributed by atoms with Crippen molar-refractivity contribution in [2.24, 2.45) is 0 Å². The summed E-state index contributed by atoms with van der Waals surface area (Å²) in [4.78, 5) is 2.45. The van der Waals surface area contributed by atoms with Gasteiger partial charge in [-0.05, 0) is 24.6 Å². The topological polar surface area (TPSA) is 27.3 Å². The van der Waals surface area contributed by atoms with Crippen LogP contribution in [0.3, 0.4) is 0 Å². The number of piperazine rings is 1. The van der Waals surface area contributed by atoms with Crippen LogP contribution in [0.15, 0.2) is 30.0 Å². The molecule has 0 radical (unpaired) electrons. The molecule has 0 spiro atoms. The Balaban J connectivity index is 2.26. The van der Waals surface area contributed by atoms with Crippen LogP contribution in [-0.4, -0.2) is 33.2 Å². The standard InChI is InChI=1S/C14H21N3/c1-12(15-2)11-13-5-3-4-6-14(13)17-9-7-16-8-10-17/h3-6,11,15-16H,7-10H2,1-2H3/b12-11+. The number of allylic oxidation sites excluding steroid dienone is 1. The molecule has 2 N–H and O–H groups in total. The van der Waals surface area contributed by atoms with Crippen molar-refractivity contribution in [3.8, 4) is 0 Å². The van der Waals surface area contributed by atoms with Gasteiger partial charge in [0.25, 0.3) is 0 Å². The maximum Gasteiger partial charge on any atom is 0.0441 e. The lowest BCUT2D eigenvalue weighted by molar-refractivity contribution is 0.589. The number of hydrogen-bond acceptors (Lipinski definition) is 3. The second-order valence-corrected chi connectivity index (χ2v) is 4.37. The molecular weight excluding hydrogens is 210 g/mol. The highest BCUT2D eigenvalue weighted by Gasteiger charge is 2.12. The van der Waals surface area contributed by atoms with E-state index >= 15 is 0 Å². The van der Waals surface area contributed by atoms with Gasteiger partial charge in [0.1, 0.15) is 0 Å². The van der Waals surface area contributed by atoms with E-state index in [9.17, 15) is 0 Å². The number of nitrogens with zero attached hydrogens (tertiary/aromatic N) is 1. The van der Waals surface area contributed by atoms with Crippen LogP contribution in [0.4, 0.5) is 5.69 Å². The Morgan fingerprint density at radius 2 is 2.00 bits per heavy atom. The first-order chi connectivity index (χ1) is 8.31. The molecule has 1 fully saturated rings. The van der Waals surface area contributed by atoms with Crippen molar-refractivity contribution < 1.29 is 0 Å². The number of para-hydroxylation sites is 1. The molecule has 1 aliphatic heterocycles. The molecule has 0 amide bonds. The molecule has 0 aromatic heterocycles. The number of rotatable bonds is 3. The van der Waals surface area contributed by atoms with Crippen LogP contribution in [0.5, 0.6) is 0 Å². The first-order valence-corrected chi connectivity index (χ1v) is 6.22. The Morgan fingerprint density at radius 3 is 2.71 bits per heavy atom. The lowest BCUT2D eigenvalue weighted by Crippen LogP contribution is -2.43.